The maximum absolute atomic E-state index is 13.1. The summed E-state index contributed by atoms with van der Waals surface area (Å²) in [5, 5.41) is 16.2. The summed E-state index contributed by atoms with van der Waals surface area (Å²) in [5.74, 6) is 0.466. The Morgan fingerprint density at radius 1 is 0.906 bits per heavy atom. The first-order chi connectivity index (χ1) is 15.1. The summed E-state index contributed by atoms with van der Waals surface area (Å²) in [7, 11) is 0. The van der Waals surface area contributed by atoms with E-state index in [1.54, 1.807) is 0 Å². The first kappa shape index (κ1) is 27.0. The molecule has 2 aliphatic rings. The van der Waals surface area contributed by atoms with Gasteiger partial charge >= 0.3 is 0 Å². The predicted octanol–water partition coefficient (Wildman–Crippen LogP) is 1.22. The molecule has 32 heavy (non-hydrogen) atoms. The van der Waals surface area contributed by atoms with Crippen LogP contribution in [0.5, 0.6) is 0 Å². The lowest BCUT2D eigenvalue weighted by molar-refractivity contribution is -0.131. The number of likely N-dealkylation sites (tertiary alicyclic amines) is 1. The fourth-order valence-corrected chi connectivity index (χ4v) is 4.99. The van der Waals surface area contributed by atoms with Gasteiger partial charge in [-0.25, -0.2) is 0 Å². The Kier molecular flexibility index (Phi) is 10.9. The molecule has 0 aromatic carbocycles. The molecule has 0 saturated carbocycles. The molecule has 0 aromatic rings. The van der Waals surface area contributed by atoms with E-state index in [2.05, 4.69) is 41.2 Å². The van der Waals surface area contributed by atoms with Crippen LogP contribution in [-0.2, 0) is 14.3 Å². The number of carbonyl (C=O) groups excluding carboxylic acids is 2. The largest absolute Gasteiger partial charge is 0.392 e. The van der Waals surface area contributed by atoms with Gasteiger partial charge in [0.2, 0.25) is 11.8 Å². The van der Waals surface area contributed by atoms with E-state index in [-0.39, 0.29) is 53.9 Å². The van der Waals surface area contributed by atoms with E-state index >= 15 is 0 Å². The molecule has 2 rings (SSSR count). The number of nitrogens with one attached hydrogen (secondary N) is 2. The van der Waals surface area contributed by atoms with Crippen molar-refractivity contribution in [2.24, 2.45) is 11.8 Å². The third-order valence-corrected chi connectivity index (χ3v) is 6.61. The summed E-state index contributed by atoms with van der Waals surface area (Å²) in [6.45, 7) is 16.5. The SMILES string of the molecule is CC(C)NC(=O)[C@H](C(C)CCC(C)NC(=O)[C@H](C(C)C)N1CCOCC1)N1CCC(O)C1. The second-order valence-corrected chi connectivity index (χ2v) is 10.3. The Labute approximate surface area is 194 Å². The maximum Gasteiger partial charge on any atom is 0.237 e. The van der Waals surface area contributed by atoms with Crippen LogP contribution in [0, 0.1) is 11.8 Å². The Morgan fingerprint density at radius 2 is 1.53 bits per heavy atom. The number of rotatable bonds is 11. The van der Waals surface area contributed by atoms with Gasteiger partial charge in [-0.15, -0.1) is 0 Å². The molecule has 8 heteroatoms. The van der Waals surface area contributed by atoms with Crippen molar-refractivity contribution < 1.29 is 19.4 Å². The maximum atomic E-state index is 13.1. The van der Waals surface area contributed by atoms with Gasteiger partial charge in [0.1, 0.15) is 0 Å². The lowest BCUT2D eigenvalue weighted by atomic mass is 9.92. The van der Waals surface area contributed by atoms with E-state index in [4.69, 9.17) is 4.74 Å². The van der Waals surface area contributed by atoms with Gasteiger partial charge in [-0.2, -0.15) is 0 Å². The smallest absolute Gasteiger partial charge is 0.237 e. The number of aliphatic hydroxyl groups is 1. The molecular formula is C24H46N4O4. The van der Waals surface area contributed by atoms with E-state index in [0.29, 0.717) is 26.2 Å². The summed E-state index contributed by atoms with van der Waals surface area (Å²) < 4.78 is 5.44. The van der Waals surface area contributed by atoms with Crippen molar-refractivity contribution in [2.45, 2.75) is 91.1 Å². The first-order valence-electron chi connectivity index (χ1n) is 12.4. The average Bonchev–Trinajstić information content (AvgIpc) is 3.12. The van der Waals surface area contributed by atoms with E-state index in [0.717, 1.165) is 32.5 Å². The molecule has 2 saturated heterocycles. The minimum Gasteiger partial charge on any atom is -0.392 e. The van der Waals surface area contributed by atoms with E-state index in [1.165, 1.54) is 0 Å². The molecule has 2 aliphatic heterocycles. The molecule has 8 nitrogen and oxygen atoms in total. The van der Waals surface area contributed by atoms with Crippen molar-refractivity contribution >= 4 is 11.8 Å². The lowest BCUT2D eigenvalue weighted by Gasteiger charge is -2.36. The van der Waals surface area contributed by atoms with Crippen molar-refractivity contribution in [3.8, 4) is 0 Å². The highest BCUT2D eigenvalue weighted by Gasteiger charge is 2.36. The Hall–Kier alpha value is -1.22. The van der Waals surface area contributed by atoms with Crippen LogP contribution in [-0.4, -0.2) is 96.4 Å². The topological polar surface area (TPSA) is 94.1 Å². The number of hydrogen-bond acceptors (Lipinski definition) is 6. The van der Waals surface area contributed by atoms with Gasteiger partial charge in [-0.05, 0) is 51.9 Å². The van der Waals surface area contributed by atoms with Crippen molar-refractivity contribution in [1.29, 1.82) is 0 Å². The molecule has 186 valence electrons. The zero-order valence-corrected chi connectivity index (χ0v) is 21.0. The van der Waals surface area contributed by atoms with Gasteiger partial charge in [0.15, 0.2) is 0 Å². The minimum absolute atomic E-state index is 0.0326. The fraction of sp³-hybridized carbons (Fsp3) is 0.917. The van der Waals surface area contributed by atoms with Crippen molar-refractivity contribution in [1.82, 2.24) is 20.4 Å². The highest BCUT2D eigenvalue weighted by molar-refractivity contribution is 5.83. The van der Waals surface area contributed by atoms with Crippen LogP contribution in [0.15, 0.2) is 0 Å². The van der Waals surface area contributed by atoms with Crippen molar-refractivity contribution in [3.63, 3.8) is 0 Å². The van der Waals surface area contributed by atoms with Crippen molar-refractivity contribution in [3.05, 3.63) is 0 Å². The number of amides is 2. The van der Waals surface area contributed by atoms with Gasteiger partial charge < -0.3 is 20.5 Å². The van der Waals surface area contributed by atoms with Crippen LogP contribution in [0.3, 0.4) is 0 Å². The summed E-state index contributed by atoms with van der Waals surface area (Å²) in [6.07, 6.45) is 1.99. The number of ether oxygens (including phenoxy) is 1. The number of aliphatic hydroxyl groups excluding tert-OH is 1. The van der Waals surface area contributed by atoms with Crippen LogP contribution >= 0.6 is 0 Å². The van der Waals surface area contributed by atoms with Crippen molar-refractivity contribution in [2.75, 3.05) is 39.4 Å². The second-order valence-electron chi connectivity index (χ2n) is 10.3. The molecule has 3 unspecified atom stereocenters. The highest BCUT2D eigenvalue weighted by Crippen LogP contribution is 2.23. The average molecular weight is 455 g/mol. The summed E-state index contributed by atoms with van der Waals surface area (Å²) >= 11 is 0. The van der Waals surface area contributed by atoms with Gasteiger partial charge in [0.25, 0.3) is 0 Å². The number of hydrogen-bond donors (Lipinski definition) is 3. The number of morpholine rings is 1. The standard InChI is InChI=1S/C24H46N4O4/c1-16(2)21(27-11-13-32-14-12-27)23(30)26-19(6)8-7-18(5)22(24(31)25-17(3)4)28-10-9-20(29)15-28/h16-22,29H,7-15H2,1-6H3,(H,25,31)(H,26,30)/t18?,19?,20?,21-,22-/m0/s1. The van der Waals surface area contributed by atoms with E-state index in [9.17, 15) is 14.7 Å². The molecule has 0 bridgehead atoms. The molecule has 0 radical (unpaired) electrons. The molecule has 2 amide bonds. The normalized spacial score (nSPS) is 24.3. The number of β-amino-alcohol motifs (C(OH)–C–C–N with tert-alkyl or cyclic N) is 1. The van der Waals surface area contributed by atoms with Gasteiger partial charge in [-0.3, -0.25) is 19.4 Å². The molecule has 0 aromatic heterocycles. The van der Waals surface area contributed by atoms with Gasteiger partial charge in [0.05, 0.1) is 31.4 Å². The fourth-order valence-electron chi connectivity index (χ4n) is 4.99. The molecule has 5 atom stereocenters. The second kappa shape index (κ2) is 12.9. The molecule has 0 spiro atoms. The predicted molar refractivity (Wildman–Crippen MR) is 126 cm³/mol. The first-order valence-corrected chi connectivity index (χ1v) is 12.4. The summed E-state index contributed by atoms with van der Waals surface area (Å²) in [5.41, 5.74) is 0. The minimum atomic E-state index is -0.358. The molecule has 3 N–H and O–H groups in total. The van der Waals surface area contributed by atoms with E-state index < -0.39 is 0 Å². The lowest BCUT2D eigenvalue weighted by Crippen LogP contribution is -2.55. The highest BCUT2D eigenvalue weighted by atomic mass is 16.5. The van der Waals surface area contributed by atoms with Gasteiger partial charge in [-0.1, -0.05) is 20.8 Å². The number of nitrogens with zero attached hydrogens (tertiary/aromatic N) is 2. The zero-order valence-electron chi connectivity index (χ0n) is 21.0. The Morgan fingerprint density at radius 3 is 2.06 bits per heavy atom. The zero-order chi connectivity index (χ0) is 23.8. The molecule has 2 fully saturated rings. The molecule has 0 aliphatic carbocycles. The van der Waals surface area contributed by atoms with E-state index in [1.807, 2.05) is 20.8 Å². The third-order valence-electron chi connectivity index (χ3n) is 6.61. The summed E-state index contributed by atoms with van der Waals surface area (Å²) in [4.78, 5) is 30.3. The monoisotopic (exact) mass is 454 g/mol. The number of carbonyl (C=O) groups is 2. The van der Waals surface area contributed by atoms with Crippen LogP contribution in [0.1, 0.15) is 60.8 Å². The molecule has 2 heterocycles. The van der Waals surface area contributed by atoms with Crippen LogP contribution in [0.4, 0.5) is 0 Å². The third kappa shape index (κ3) is 7.97. The summed E-state index contributed by atoms with van der Waals surface area (Å²) in [6, 6.07) is -0.287. The van der Waals surface area contributed by atoms with Crippen LogP contribution < -0.4 is 10.6 Å². The quantitative estimate of drug-likeness (QED) is 0.435. The molecular weight excluding hydrogens is 408 g/mol. The van der Waals surface area contributed by atoms with Crippen LogP contribution in [0.2, 0.25) is 0 Å². The van der Waals surface area contributed by atoms with Gasteiger partial charge in [0, 0.05) is 38.3 Å². The Bertz CT molecular complexity index is 595. The van der Waals surface area contributed by atoms with Crippen LogP contribution in [0.25, 0.3) is 0 Å². The Balaban J connectivity index is 1.92.